The number of fused-ring (bicyclic) bond motifs is 2. The van der Waals surface area contributed by atoms with Gasteiger partial charge in [0, 0.05) is 39.6 Å². The van der Waals surface area contributed by atoms with E-state index >= 15 is 4.39 Å². The van der Waals surface area contributed by atoms with Gasteiger partial charge < -0.3 is 0 Å². The highest BCUT2D eigenvalue weighted by molar-refractivity contribution is 7.98. The number of thioether (sulfide) groups is 1. The van der Waals surface area contributed by atoms with Crippen molar-refractivity contribution < 1.29 is 8.78 Å². The summed E-state index contributed by atoms with van der Waals surface area (Å²) in [5, 5.41) is 11.5. The van der Waals surface area contributed by atoms with Gasteiger partial charge in [0.05, 0.1) is 22.4 Å². The summed E-state index contributed by atoms with van der Waals surface area (Å²) >= 11 is 1.70. The lowest BCUT2D eigenvalue weighted by molar-refractivity contribution is 0.526. The minimum atomic E-state index is -0.730. The van der Waals surface area contributed by atoms with Crippen LogP contribution in [0, 0.1) is 11.6 Å². The zero-order valence-electron chi connectivity index (χ0n) is 19.7. The fourth-order valence-electron chi connectivity index (χ4n) is 4.44. The number of halogens is 2. The quantitative estimate of drug-likeness (QED) is 0.313. The molecule has 4 nitrogen and oxygen atoms in total. The molecule has 32 heavy (non-hydrogen) atoms. The van der Waals surface area contributed by atoms with E-state index in [0.29, 0.717) is 12.1 Å². The van der Waals surface area contributed by atoms with Gasteiger partial charge in [0.15, 0.2) is 0 Å². The van der Waals surface area contributed by atoms with E-state index in [1.807, 2.05) is 37.8 Å². The van der Waals surface area contributed by atoms with Crippen LogP contribution in [-0.2, 0) is 12.0 Å². The topological polar surface area (TPSA) is 35.6 Å². The van der Waals surface area contributed by atoms with Gasteiger partial charge in [-0.2, -0.15) is 22.0 Å². The maximum atomic E-state index is 15.7. The molecule has 0 saturated heterocycles. The third kappa shape index (κ3) is 3.51. The monoisotopic (exact) mass is 456 g/mol. The van der Waals surface area contributed by atoms with Crippen LogP contribution in [0.1, 0.15) is 69.8 Å². The van der Waals surface area contributed by atoms with E-state index < -0.39 is 5.41 Å². The molecule has 0 aliphatic carbocycles. The van der Waals surface area contributed by atoms with E-state index in [9.17, 15) is 4.39 Å². The molecule has 1 atom stereocenters. The number of hydrogen-bond donors (Lipinski definition) is 0. The van der Waals surface area contributed by atoms with Gasteiger partial charge in [0.1, 0.15) is 11.6 Å². The Morgan fingerprint density at radius 1 is 1.00 bits per heavy atom. The first-order valence-electron chi connectivity index (χ1n) is 11.0. The first kappa shape index (κ1) is 22.8. The van der Waals surface area contributed by atoms with E-state index in [0.717, 1.165) is 33.2 Å². The Hall–Kier alpha value is -2.41. The molecule has 0 amide bonds. The van der Waals surface area contributed by atoms with Crippen LogP contribution in [0.2, 0.25) is 0 Å². The lowest BCUT2D eigenvalue weighted by Crippen LogP contribution is -2.22. The van der Waals surface area contributed by atoms with Crippen molar-refractivity contribution >= 4 is 33.6 Å². The molecule has 0 fully saturated rings. The van der Waals surface area contributed by atoms with E-state index in [4.69, 9.17) is 10.2 Å². The zero-order valence-corrected chi connectivity index (χ0v) is 20.5. The van der Waals surface area contributed by atoms with Crippen LogP contribution in [0.25, 0.3) is 21.8 Å². The maximum Gasteiger partial charge on any atom is 0.128 e. The number of aromatic nitrogens is 4. The average molecular weight is 457 g/mol. The predicted octanol–water partition coefficient (Wildman–Crippen LogP) is 7.01. The van der Waals surface area contributed by atoms with Crippen molar-refractivity contribution in [3.63, 3.8) is 0 Å². The molecule has 2 aromatic heterocycles. The molecule has 2 heterocycles. The summed E-state index contributed by atoms with van der Waals surface area (Å²) in [5.41, 5.74) is 3.11. The molecule has 0 aliphatic heterocycles. The van der Waals surface area contributed by atoms with Gasteiger partial charge in [0.2, 0.25) is 0 Å². The summed E-state index contributed by atoms with van der Waals surface area (Å²) in [4.78, 5) is 0. The Bertz CT molecular complexity index is 1300. The minimum Gasteiger partial charge on any atom is -0.265 e. The number of nitrogens with zero attached hydrogens (tertiary/aromatic N) is 4. The van der Waals surface area contributed by atoms with Crippen LogP contribution < -0.4 is 0 Å². The molecule has 0 aliphatic rings. The SMILES string of the molecule is CCn1nc(C(C)(C)c2cc3c(cc2F)c(C(C)SC)nn3C(C)C)c2ccc(F)cc21. The van der Waals surface area contributed by atoms with Crippen molar-refractivity contribution in [1.29, 1.82) is 0 Å². The summed E-state index contributed by atoms with van der Waals surface area (Å²) in [6.45, 7) is 12.8. The summed E-state index contributed by atoms with van der Waals surface area (Å²) in [6.07, 6.45) is 2.04. The van der Waals surface area contributed by atoms with Crippen molar-refractivity contribution in [2.24, 2.45) is 0 Å². The van der Waals surface area contributed by atoms with Gasteiger partial charge in [0.25, 0.3) is 0 Å². The van der Waals surface area contributed by atoms with Crippen LogP contribution in [0.15, 0.2) is 30.3 Å². The van der Waals surface area contributed by atoms with E-state index in [1.54, 1.807) is 28.6 Å². The third-order valence-corrected chi connectivity index (χ3v) is 7.26. The molecule has 0 N–H and O–H groups in total. The van der Waals surface area contributed by atoms with Crippen LogP contribution in [-0.4, -0.2) is 25.8 Å². The van der Waals surface area contributed by atoms with Gasteiger partial charge in [-0.25, -0.2) is 8.78 Å². The first-order valence-corrected chi connectivity index (χ1v) is 12.3. The van der Waals surface area contributed by atoms with Crippen LogP contribution in [0.3, 0.4) is 0 Å². The predicted molar refractivity (Wildman–Crippen MR) is 129 cm³/mol. The second-order valence-corrected chi connectivity index (χ2v) is 10.3. The lowest BCUT2D eigenvalue weighted by Gasteiger charge is -2.25. The van der Waals surface area contributed by atoms with Crippen molar-refractivity contribution in [3.8, 4) is 0 Å². The third-order valence-electron chi connectivity index (χ3n) is 6.33. The number of hydrogen-bond acceptors (Lipinski definition) is 3. The van der Waals surface area contributed by atoms with E-state index in [-0.39, 0.29) is 22.9 Å². The second-order valence-electron chi connectivity index (χ2n) is 9.10. The van der Waals surface area contributed by atoms with Crippen molar-refractivity contribution in [2.45, 2.75) is 64.8 Å². The Balaban J connectivity index is 1.98. The number of benzene rings is 2. The lowest BCUT2D eigenvalue weighted by atomic mass is 9.79. The largest absolute Gasteiger partial charge is 0.265 e. The highest BCUT2D eigenvalue weighted by Crippen LogP contribution is 2.40. The van der Waals surface area contributed by atoms with Gasteiger partial charge >= 0.3 is 0 Å². The molecule has 0 bridgehead atoms. The van der Waals surface area contributed by atoms with Crippen molar-refractivity contribution in [1.82, 2.24) is 19.6 Å². The molecule has 0 saturated carbocycles. The highest BCUT2D eigenvalue weighted by Gasteiger charge is 2.33. The Morgan fingerprint density at radius 2 is 1.72 bits per heavy atom. The number of aryl methyl sites for hydroxylation is 1. The summed E-state index contributed by atoms with van der Waals surface area (Å²) in [7, 11) is 0. The smallest absolute Gasteiger partial charge is 0.128 e. The molecule has 2 aromatic carbocycles. The molecule has 4 aromatic rings. The van der Waals surface area contributed by atoms with Crippen LogP contribution in [0.4, 0.5) is 8.78 Å². The molecular formula is C25H30F2N4S. The van der Waals surface area contributed by atoms with E-state index in [2.05, 4.69) is 20.8 Å². The van der Waals surface area contributed by atoms with Gasteiger partial charge in [-0.1, -0.05) is 0 Å². The average Bonchev–Trinajstić information content (AvgIpc) is 3.30. The van der Waals surface area contributed by atoms with Gasteiger partial charge in [-0.15, -0.1) is 0 Å². The fraction of sp³-hybridized carbons (Fsp3) is 0.440. The summed E-state index contributed by atoms with van der Waals surface area (Å²) < 4.78 is 33.4. The fourth-order valence-corrected chi connectivity index (χ4v) is 4.84. The van der Waals surface area contributed by atoms with Crippen LogP contribution >= 0.6 is 11.8 Å². The van der Waals surface area contributed by atoms with Gasteiger partial charge in [-0.05, 0) is 78.1 Å². The summed E-state index contributed by atoms with van der Waals surface area (Å²) in [6, 6.07) is 8.37. The standard InChI is InChI=1S/C25H30F2N4S/c1-8-30-21-11-16(26)9-10-17(21)24(29-30)25(5,6)19-13-22-18(12-20(19)27)23(15(4)32-7)28-31(22)14(2)3/h9-15H,8H2,1-7H3. The van der Waals surface area contributed by atoms with E-state index in [1.165, 1.54) is 12.1 Å². The van der Waals surface area contributed by atoms with Gasteiger partial charge in [-0.3, -0.25) is 9.36 Å². The molecule has 7 heteroatoms. The zero-order chi connectivity index (χ0) is 23.4. The Morgan fingerprint density at radius 3 is 2.34 bits per heavy atom. The molecule has 0 spiro atoms. The molecule has 0 radical (unpaired) electrons. The number of rotatable bonds is 6. The Labute approximate surface area is 192 Å². The molecule has 4 rings (SSSR count). The minimum absolute atomic E-state index is 0.143. The molecular weight excluding hydrogens is 426 g/mol. The Kier molecular flexibility index (Phi) is 5.82. The second kappa shape index (κ2) is 8.18. The molecule has 170 valence electrons. The van der Waals surface area contributed by atoms with Crippen molar-refractivity contribution in [2.75, 3.05) is 6.26 Å². The van der Waals surface area contributed by atoms with Crippen LogP contribution in [0.5, 0.6) is 0 Å². The highest BCUT2D eigenvalue weighted by atomic mass is 32.2. The normalized spacial score (nSPS) is 13.6. The summed E-state index contributed by atoms with van der Waals surface area (Å²) in [5.74, 6) is -0.581. The maximum absolute atomic E-state index is 15.7. The van der Waals surface area contributed by atoms with Crippen molar-refractivity contribution in [3.05, 3.63) is 58.9 Å². The first-order chi connectivity index (χ1) is 15.1. The molecule has 1 unspecified atom stereocenters.